The first-order valence-electron chi connectivity index (χ1n) is 12.8. The summed E-state index contributed by atoms with van der Waals surface area (Å²) < 4.78 is 12.2. The molecule has 1 N–H and O–H groups in total. The zero-order valence-electron chi connectivity index (χ0n) is 21.9. The number of nitriles is 1. The standard InChI is InChI=1S/C27H33BrN6O4/c1-27(2,3)38-26(36)34-12-10-33(11-13-34)24-17-30-23(16-31-24)25(35)32-19-5-8-20(9-6-19)37-21-7-4-18(15-29)22(28)14-21/h4,7,14,16-17,19-20H,5-6,8-13H2,1-3H3,(H,32,35). The van der Waals surface area contributed by atoms with E-state index in [0.29, 0.717) is 42.0 Å². The average molecular weight is 586 g/mol. The van der Waals surface area contributed by atoms with Crippen molar-refractivity contribution in [3.63, 3.8) is 0 Å². The number of piperazine rings is 1. The minimum absolute atomic E-state index is 0.0532. The number of nitrogens with one attached hydrogen (secondary N) is 1. The van der Waals surface area contributed by atoms with Crippen LogP contribution in [0.15, 0.2) is 35.1 Å². The van der Waals surface area contributed by atoms with Crippen molar-refractivity contribution in [1.82, 2.24) is 20.2 Å². The maximum Gasteiger partial charge on any atom is 0.410 e. The number of hydrogen-bond donors (Lipinski definition) is 1. The highest BCUT2D eigenvalue weighted by atomic mass is 79.9. The predicted molar refractivity (Wildman–Crippen MR) is 145 cm³/mol. The van der Waals surface area contributed by atoms with Gasteiger partial charge in [-0.15, -0.1) is 0 Å². The third kappa shape index (κ3) is 7.34. The van der Waals surface area contributed by atoms with Crippen LogP contribution in [-0.4, -0.2) is 70.8 Å². The molecule has 0 unspecified atom stereocenters. The van der Waals surface area contributed by atoms with Gasteiger partial charge in [-0.05, 0) is 80.6 Å². The highest BCUT2D eigenvalue weighted by Crippen LogP contribution is 2.27. The molecule has 1 saturated heterocycles. The molecule has 0 atom stereocenters. The second-order valence-electron chi connectivity index (χ2n) is 10.5. The predicted octanol–water partition coefficient (Wildman–Crippen LogP) is 4.29. The highest BCUT2D eigenvalue weighted by molar-refractivity contribution is 9.10. The van der Waals surface area contributed by atoms with E-state index in [1.54, 1.807) is 23.2 Å². The summed E-state index contributed by atoms with van der Waals surface area (Å²) in [5.74, 6) is 1.17. The molecule has 1 aromatic heterocycles. The number of anilines is 1. The molecule has 2 aliphatic rings. The van der Waals surface area contributed by atoms with Crippen LogP contribution >= 0.6 is 15.9 Å². The monoisotopic (exact) mass is 584 g/mol. The topological polar surface area (TPSA) is 121 Å². The maximum atomic E-state index is 12.8. The summed E-state index contributed by atoms with van der Waals surface area (Å²) in [6.45, 7) is 7.86. The van der Waals surface area contributed by atoms with E-state index in [-0.39, 0.29) is 29.8 Å². The van der Waals surface area contributed by atoms with Crippen molar-refractivity contribution in [2.75, 3.05) is 31.1 Å². The summed E-state index contributed by atoms with van der Waals surface area (Å²) >= 11 is 3.39. The fourth-order valence-corrected chi connectivity index (χ4v) is 4.93. The zero-order chi connectivity index (χ0) is 27.3. The number of nitrogens with zero attached hydrogens (tertiary/aromatic N) is 5. The summed E-state index contributed by atoms with van der Waals surface area (Å²) in [5.41, 5.74) is 0.329. The molecule has 0 spiro atoms. The zero-order valence-corrected chi connectivity index (χ0v) is 23.5. The van der Waals surface area contributed by atoms with Crippen LogP contribution in [0.25, 0.3) is 0 Å². The Labute approximate surface area is 231 Å². The molecule has 2 aromatic rings. The van der Waals surface area contributed by atoms with Crippen LogP contribution in [0.4, 0.5) is 10.6 Å². The van der Waals surface area contributed by atoms with E-state index in [4.69, 9.17) is 14.7 Å². The molecule has 1 aliphatic carbocycles. The van der Waals surface area contributed by atoms with Gasteiger partial charge in [0.25, 0.3) is 5.91 Å². The second-order valence-corrected chi connectivity index (χ2v) is 11.4. The van der Waals surface area contributed by atoms with Gasteiger partial charge >= 0.3 is 6.09 Å². The third-order valence-electron chi connectivity index (χ3n) is 6.50. The van der Waals surface area contributed by atoms with Crippen molar-refractivity contribution < 1.29 is 19.1 Å². The van der Waals surface area contributed by atoms with E-state index in [9.17, 15) is 9.59 Å². The number of halogens is 1. The molecule has 38 heavy (non-hydrogen) atoms. The van der Waals surface area contributed by atoms with Crippen LogP contribution in [0.5, 0.6) is 5.75 Å². The second kappa shape index (κ2) is 12.0. The first-order valence-corrected chi connectivity index (χ1v) is 13.6. The number of rotatable bonds is 5. The van der Waals surface area contributed by atoms with E-state index >= 15 is 0 Å². The Morgan fingerprint density at radius 2 is 1.79 bits per heavy atom. The molecule has 2 amide bonds. The Balaban J connectivity index is 1.21. The number of hydrogen-bond acceptors (Lipinski definition) is 8. The van der Waals surface area contributed by atoms with Gasteiger partial charge in [-0.3, -0.25) is 4.79 Å². The van der Waals surface area contributed by atoms with Gasteiger partial charge in [0.2, 0.25) is 0 Å². The Bertz CT molecular complexity index is 1180. The van der Waals surface area contributed by atoms with Gasteiger partial charge in [0.15, 0.2) is 0 Å². The molecule has 1 saturated carbocycles. The van der Waals surface area contributed by atoms with E-state index in [0.717, 1.165) is 31.4 Å². The summed E-state index contributed by atoms with van der Waals surface area (Å²) in [5, 5.41) is 12.1. The molecule has 11 heteroatoms. The van der Waals surface area contributed by atoms with Crippen LogP contribution in [0.1, 0.15) is 62.5 Å². The Kier molecular flexibility index (Phi) is 8.72. The minimum atomic E-state index is -0.521. The van der Waals surface area contributed by atoms with Crippen LogP contribution < -0.4 is 15.0 Å². The lowest BCUT2D eigenvalue weighted by Crippen LogP contribution is -2.50. The maximum absolute atomic E-state index is 12.8. The Hall–Kier alpha value is -3.39. The van der Waals surface area contributed by atoms with Gasteiger partial charge in [0.1, 0.15) is 28.9 Å². The van der Waals surface area contributed by atoms with Gasteiger partial charge in [0.05, 0.1) is 24.1 Å². The lowest BCUT2D eigenvalue weighted by atomic mass is 9.93. The lowest BCUT2D eigenvalue weighted by molar-refractivity contribution is 0.0240. The number of carbonyl (C=O) groups is 2. The highest BCUT2D eigenvalue weighted by Gasteiger charge is 2.27. The van der Waals surface area contributed by atoms with Crippen molar-refractivity contribution in [2.24, 2.45) is 0 Å². The fraction of sp³-hybridized carbons (Fsp3) is 0.519. The molecule has 0 radical (unpaired) electrons. The molecule has 2 fully saturated rings. The van der Waals surface area contributed by atoms with Crippen LogP contribution in [0, 0.1) is 11.3 Å². The molecule has 1 aliphatic heterocycles. The van der Waals surface area contributed by atoms with Gasteiger partial charge < -0.3 is 24.6 Å². The lowest BCUT2D eigenvalue weighted by Gasteiger charge is -2.36. The van der Waals surface area contributed by atoms with Crippen LogP contribution in [-0.2, 0) is 4.74 Å². The largest absolute Gasteiger partial charge is 0.490 e. The molecule has 202 valence electrons. The number of aromatic nitrogens is 2. The molecular formula is C27H33BrN6O4. The summed E-state index contributed by atoms with van der Waals surface area (Å²) in [4.78, 5) is 37.6. The average Bonchev–Trinajstić information content (AvgIpc) is 2.89. The van der Waals surface area contributed by atoms with E-state index in [1.165, 1.54) is 6.20 Å². The fourth-order valence-electron chi connectivity index (χ4n) is 4.48. The van der Waals surface area contributed by atoms with E-state index in [2.05, 4.69) is 37.3 Å². The summed E-state index contributed by atoms with van der Waals surface area (Å²) in [7, 11) is 0. The third-order valence-corrected chi connectivity index (χ3v) is 7.16. The number of benzene rings is 1. The molecule has 4 rings (SSSR count). The van der Waals surface area contributed by atoms with Crippen molar-refractivity contribution in [1.29, 1.82) is 5.26 Å². The molecule has 10 nitrogen and oxygen atoms in total. The molecule has 1 aromatic carbocycles. The first-order chi connectivity index (χ1) is 18.1. The van der Waals surface area contributed by atoms with Crippen molar-refractivity contribution >= 4 is 33.7 Å². The quantitative estimate of drug-likeness (QED) is 0.552. The van der Waals surface area contributed by atoms with Crippen molar-refractivity contribution in [3.05, 3.63) is 46.3 Å². The number of ether oxygens (including phenoxy) is 2. The molecule has 0 bridgehead atoms. The van der Waals surface area contributed by atoms with Crippen molar-refractivity contribution in [2.45, 2.75) is 64.2 Å². The molecular weight excluding hydrogens is 552 g/mol. The first kappa shape index (κ1) is 27.6. The SMILES string of the molecule is CC(C)(C)OC(=O)N1CCN(c2cnc(C(=O)NC3CCC(Oc4ccc(C#N)c(Br)c4)CC3)cn2)CC1. The summed E-state index contributed by atoms with van der Waals surface area (Å²) in [6, 6.07) is 7.53. The van der Waals surface area contributed by atoms with Crippen LogP contribution in [0.3, 0.4) is 0 Å². The number of amides is 2. The Morgan fingerprint density at radius 3 is 2.37 bits per heavy atom. The normalized spacial score (nSPS) is 19.9. The van der Waals surface area contributed by atoms with E-state index < -0.39 is 5.60 Å². The van der Waals surface area contributed by atoms with Crippen molar-refractivity contribution in [3.8, 4) is 11.8 Å². The van der Waals surface area contributed by atoms with Gasteiger partial charge in [-0.1, -0.05) is 0 Å². The molecule has 2 heterocycles. The van der Waals surface area contributed by atoms with Gasteiger partial charge in [-0.2, -0.15) is 5.26 Å². The smallest absolute Gasteiger partial charge is 0.410 e. The minimum Gasteiger partial charge on any atom is -0.490 e. The number of carbonyl (C=O) groups excluding carboxylic acids is 2. The van der Waals surface area contributed by atoms with Gasteiger partial charge in [0, 0.05) is 36.7 Å². The Morgan fingerprint density at radius 1 is 1.08 bits per heavy atom. The van der Waals surface area contributed by atoms with E-state index in [1.807, 2.05) is 31.7 Å². The van der Waals surface area contributed by atoms with Crippen LogP contribution in [0.2, 0.25) is 0 Å². The van der Waals surface area contributed by atoms with Gasteiger partial charge in [-0.25, -0.2) is 14.8 Å². The summed E-state index contributed by atoms with van der Waals surface area (Å²) in [6.07, 6.45) is 6.13.